The van der Waals surface area contributed by atoms with E-state index in [1.165, 1.54) is 41.3 Å². The van der Waals surface area contributed by atoms with Crippen molar-refractivity contribution in [2.24, 2.45) is 5.73 Å². The summed E-state index contributed by atoms with van der Waals surface area (Å²) >= 11 is 1.83. The van der Waals surface area contributed by atoms with Crippen molar-refractivity contribution in [3.8, 4) is 0 Å². The summed E-state index contributed by atoms with van der Waals surface area (Å²) in [6.45, 7) is 5.24. The molecule has 0 amide bonds. The van der Waals surface area contributed by atoms with Crippen LogP contribution in [0.2, 0.25) is 0 Å². The van der Waals surface area contributed by atoms with Crippen molar-refractivity contribution in [1.82, 2.24) is 9.88 Å². The van der Waals surface area contributed by atoms with Gasteiger partial charge in [-0.15, -0.1) is 11.3 Å². The molecule has 1 fully saturated rings. The van der Waals surface area contributed by atoms with Crippen LogP contribution in [0.3, 0.4) is 0 Å². The van der Waals surface area contributed by atoms with E-state index in [9.17, 15) is 0 Å². The first-order valence-corrected chi connectivity index (χ1v) is 7.26. The molecule has 3 nitrogen and oxygen atoms in total. The number of rotatable bonds is 3. The quantitative estimate of drug-likeness (QED) is 0.900. The summed E-state index contributed by atoms with van der Waals surface area (Å²) in [4.78, 5) is 8.39. The summed E-state index contributed by atoms with van der Waals surface area (Å²) in [5.41, 5.74) is 7.15. The topological polar surface area (TPSA) is 42.2 Å². The lowest BCUT2D eigenvalue weighted by Gasteiger charge is -2.33. The Balaban J connectivity index is 1.92. The van der Waals surface area contributed by atoms with Gasteiger partial charge in [-0.05, 0) is 46.6 Å². The molecule has 0 unspecified atom stereocenters. The third-order valence-corrected chi connectivity index (χ3v) is 4.81. The molecule has 4 heteroatoms. The molecule has 0 saturated heterocycles. The van der Waals surface area contributed by atoms with Crippen LogP contribution in [0.15, 0.2) is 0 Å². The summed E-state index contributed by atoms with van der Waals surface area (Å²) in [6, 6.07) is 1.14. The molecule has 0 atom stereocenters. The third kappa shape index (κ3) is 3.27. The lowest BCUT2D eigenvalue weighted by molar-refractivity contribution is 0.177. The van der Waals surface area contributed by atoms with Crippen LogP contribution in [-0.4, -0.2) is 29.0 Å². The Morgan fingerprint density at radius 3 is 2.47 bits per heavy atom. The van der Waals surface area contributed by atoms with Crippen LogP contribution in [0, 0.1) is 13.8 Å². The van der Waals surface area contributed by atoms with E-state index in [0.29, 0.717) is 12.1 Å². The molecule has 0 aromatic carbocycles. The maximum atomic E-state index is 5.95. The lowest BCUT2D eigenvalue weighted by atomic mass is 9.91. The minimum Gasteiger partial charge on any atom is -0.328 e. The van der Waals surface area contributed by atoms with Gasteiger partial charge in [0.2, 0.25) is 0 Å². The smallest absolute Gasteiger partial charge is 0.0900 e. The Bertz CT molecular complexity index is 367. The van der Waals surface area contributed by atoms with Gasteiger partial charge in [0.15, 0.2) is 0 Å². The number of thiazole rings is 1. The highest BCUT2D eigenvalue weighted by Crippen LogP contribution is 2.25. The second-order valence-corrected chi connectivity index (χ2v) is 6.51. The molecular formula is C13H23N3S. The van der Waals surface area contributed by atoms with Gasteiger partial charge in [0, 0.05) is 23.5 Å². The van der Waals surface area contributed by atoms with Gasteiger partial charge < -0.3 is 5.73 Å². The molecule has 1 heterocycles. The monoisotopic (exact) mass is 253 g/mol. The Labute approximate surface area is 108 Å². The molecule has 1 aromatic rings. The van der Waals surface area contributed by atoms with E-state index in [2.05, 4.69) is 30.8 Å². The fraction of sp³-hybridized carbons (Fsp3) is 0.769. The number of hydrogen-bond acceptors (Lipinski definition) is 4. The summed E-state index contributed by atoms with van der Waals surface area (Å²) in [5.74, 6) is 0. The van der Waals surface area contributed by atoms with E-state index in [-0.39, 0.29) is 0 Å². The maximum absolute atomic E-state index is 5.95. The van der Waals surface area contributed by atoms with E-state index >= 15 is 0 Å². The molecule has 17 heavy (non-hydrogen) atoms. The van der Waals surface area contributed by atoms with E-state index in [4.69, 9.17) is 5.73 Å². The van der Waals surface area contributed by atoms with Gasteiger partial charge in [-0.1, -0.05) is 0 Å². The second kappa shape index (κ2) is 5.46. The van der Waals surface area contributed by atoms with E-state index < -0.39 is 0 Å². The van der Waals surface area contributed by atoms with Crippen molar-refractivity contribution in [2.75, 3.05) is 7.05 Å². The molecule has 0 radical (unpaired) electrons. The van der Waals surface area contributed by atoms with Gasteiger partial charge in [0.25, 0.3) is 0 Å². The largest absolute Gasteiger partial charge is 0.328 e. The van der Waals surface area contributed by atoms with Gasteiger partial charge in [-0.3, -0.25) is 4.90 Å². The van der Waals surface area contributed by atoms with Crippen LogP contribution in [0.1, 0.15) is 41.3 Å². The summed E-state index contributed by atoms with van der Waals surface area (Å²) < 4.78 is 0. The highest BCUT2D eigenvalue weighted by atomic mass is 32.1. The van der Waals surface area contributed by atoms with Gasteiger partial charge in [-0.25, -0.2) is 4.98 Å². The SMILES string of the molecule is Cc1nc(C)c(CN(C)C2CCC(N)CC2)s1. The molecular weight excluding hydrogens is 230 g/mol. The minimum atomic E-state index is 0.437. The fourth-order valence-corrected chi connectivity index (χ4v) is 3.62. The van der Waals surface area contributed by atoms with Crippen molar-refractivity contribution in [3.63, 3.8) is 0 Å². The minimum absolute atomic E-state index is 0.437. The van der Waals surface area contributed by atoms with Gasteiger partial charge in [0.05, 0.1) is 10.7 Å². The Morgan fingerprint density at radius 2 is 1.94 bits per heavy atom. The van der Waals surface area contributed by atoms with E-state index in [1.54, 1.807) is 0 Å². The van der Waals surface area contributed by atoms with Crippen LogP contribution in [0.5, 0.6) is 0 Å². The zero-order valence-corrected chi connectivity index (χ0v) is 11.9. The van der Waals surface area contributed by atoms with Crippen LogP contribution in [0.25, 0.3) is 0 Å². The van der Waals surface area contributed by atoms with Gasteiger partial charge in [-0.2, -0.15) is 0 Å². The lowest BCUT2D eigenvalue weighted by Crippen LogP contribution is -2.38. The number of aromatic nitrogens is 1. The Hall–Kier alpha value is -0.450. The van der Waals surface area contributed by atoms with Crippen LogP contribution >= 0.6 is 11.3 Å². The van der Waals surface area contributed by atoms with Crippen molar-refractivity contribution in [1.29, 1.82) is 0 Å². The normalized spacial score (nSPS) is 25.5. The first kappa shape index (κ1) is 13.0. The summed E-state index contributed by atoms with van der Waals surface area (Å²) in [5, 5.41) is 1.18. The van der Waals surface area contributed by atoms with Crippen LogP contribution in [-0.2, 0) is 6.54 Å². The average molecular weight is 253 g/mol. The number of nitrogens with two attached hydrogens (primary N) is 1. The Kier molecular flexibility index (Phi) is 4.17. The predicted molar refractivity (Wildman–Crippen MR) is 73.3 cm³/mol. The predicted octanol–water partition coefficient (Wildman–Crippen LogP) is 2.46. The Morgan fingerprint density at radius 1 is 1.29 bits per heavy atom. The molecule has 1 aliphatic rings. The average Bonchev–Trinajstić information content (AvgIpc) is 2.58. The molecule has 1 aromatic heterocycles. The molecule has 0 bridgehead atoms. The van der Waals surface area contributed by atoms with Crippen molar-refractivity contribution < 1.29 is 0 Å². The number of aryl methyl sites for hydroxylation is 2. The van der Waals surface area contributed by atoms with E-state index in [0.717, 1.165) is 6.54 Å². The van der Waals surface area contributed by atoms with Crippen molar-refractivity contribution in [2.45, 2.75) is 58.2 Å². The highest BCUT2D eigenvalue weighted by Gasteiger charge is 2.22. The van der Waals surface area contributed by atoms with Crippen molar-refractivity contribution in [3.05, 3.63) is 15.6 Å². The van der Waals surface area contributed by atoms with Gasteiger partial charge in [0.1, 0.15) is 0 Å². The van der Waals surface area contributed by atoms with Crippen LogP contribution < -0.4 is 5.73 Å². The molecule has 1 saturated carbocycles. The zero-order chi connectivity index (χ0) is 12.4. The first-order valence-electron chi connectivity index (χ1n) is 6.45. The molecule has 2 N–H and O–H groups in total. The number of hydrogen-bond donors (Lipinski definition) is 1. The fourth-order valence-electron chi connectivity index (χ4n) is 2.62. The highest BCUT2D eigenvalue weighted by molar-refractivity contribution is 7.11. The molecule has 0 aliphatic heterocycles. The maximum Gasteiger partial charge on any atom is 0.0900 e. The van der Waals surface area contributed by atoms with Crippen LogP contribution in [0.4, 0.5) is 0 Å². The van der Waals surface area contributed by atoms with Gasteiger partial charge >= 0.3 is 0 Å². The molecule has 1 aliphatic carbocycles. The standard InChI is InChI=1S/C13H23N3S/c1-9-13(17-10(2)15-9)8-16(3)12-6-4-11(14)5-7-12/h11-12H,4-8,14H2,1-3H3. The summed E-state index contributed by atoms with van der Waals surface area (Å²) in [6.07, 6.45) is 4.84. The summed E-state index contributed by atoms with van der Waals surface area (Å²) in [7, 11) is 2.23. The molecule has 0 spiro atoms. The third-order valence-electron chi connectivity index (χ3n) is 3.76. The van der Waals surface area contributed by atoms with Crippen molar-refractivity contribution >= 4 is 11.3 Å². The zero-order valence-electron chi connectivity index (χ0n) is 11.1. The molecule has 2 rings (SSSR count). The van der Waals surface area contributed by atoms with E-state index in [1.807, 2.05) is 11.3 Å². The number of nitrogens with zero attached hydrogens (tertiary/aromatic N) is 2. The molecule has 96 valence electrons. The second-order valence-electron chi connectivity index (χ2n) is 5.23. The first-order chi connectivity index (χ1) is 8.06.